The maximum atomic E-state index is 9.75. The Kier molecular flexibility index (Phi) is 4.35. The third kappa shape index (κ3) is 3.00. The average molecular weight is 369 g/mol. The van der Waals surface area contributed by atoms with Crippen molar-refractivity contribution < 1.29 is 5.11 Å². The van der Waals surface area contributed by atoms with E-state index in [1.54, 1.807) is 24.2 Å². The van der Waals surface area contributed by atoms with Gasteiger partial charge in [0.05, 0.1) is 5.69 Å². The van der Waals surface area contributed by atoms with Crippen LogP contribution in [0.2, 0.25) is 0 Å². The molecule has 3 aliphatic rings. The number of fused-ring (bicyclic) bond motifs is 4. The molecule has 136 valence electrons. The zero-order valence-electron chi connectivity index (χ0n) is 14.8. The highest BCUT2D eigenvalue weighted by molar-refractivity contribution is 7.99. The molecular weight excluding hydrogens is 344 g/mol. The molecule has 2 N–H and O–H groups in total. The lowest BCUT2D eigenvalue weighted by atomic mass is 9.69. The van der Waals surface area contributed by atoms with Crippen LogP contribution >= 0.6 is 11.8 Å². The van der Waals surface area contributed by atoms with Crippen molar-refractivity contribution in [1.82, 2.24) is 14.9 Å². The molecule has 1 aliphatic carbocycles. The topological polar surface area (TPSA) is 61.3 Å². The number of anilines is 2. The molecule has 2 aliphatic heterocycles. The van der Waals surface area contributed by atoms with E-state index >= 15 is 0 Å². The lowest BCUT2D eigenvalue weighted by Crippen LogP contribution is -2.49. The predicted octanol–water partition coefficient (Wildman–Crippen LogP) is 3.53. The second-order valence-corrected chi connectivity index (χ2v) is 8.79. The number of hydrogen-bond donors (Lipinski definition) is 2. The Bertz CT molecular complexity index is 800. The van der Waals surface area contributed by atoms with Gasteiger partial charge in [0.1, 0.15) is 5.03 Å². The van der Waals surface area contributed by atoms with Crippen molar-refractivity contribution in [2.24, 2.45) is 17.8 Å². The first kappa shape index (κ1) is 16.5. The summed E-state index contributed by atoms with van der Waals surface area (Å²) in [7, 11) is 0. The standard InChI is InChI=1S/C20H24N4OS/c25-12-16-14-2-1-3-15(16)11-24(10-14)9-13-4-5-18-17(8-13)23-19-20(26-18)22-7-6-21-19/h4-8,14-16,25H,1-3,9-12H2,(H,21,23). The number of aliphatic hydroxyl groups is 1. The van der Waals surface area contributed by atoms with Gasteiger partial charge in [0.15, 0.2) is 5.82 Å². The molecule has 5 nitrogen and oxygen atoms in total. The van der Waals surface area contributed by atoms with E-state index < -0.39 is 0 Å². The summed E-state index contributed by atoms with van der Waals surface area (Å²) in [5.74, 6) is 2.71. The lowest BCUT2D eigenvalue weighted by molar-refractivity contribution is -0.00964. The second-order valence-electron chi connectivity index (χ2n) is 7.76. The van der Waals surface area contributed by atoms with Crippen LogP contribution < -0.4 is 5.32 Å². The van der Waals surface area contributed by atoms with Gasteiger partial charge >= 0.3 is 0 Å². The second kappa shape index (κ2) is 6.83. The highest BCUT2D eigenvalue weighted by Crippen LogP contribution is 2.43. The summed E-state index contributed by atoms with van der Waals surface area (Å²) in [5.41, 5.74) is 2.47. The van der Waals surface area contributed by atoms with Gasteiger partial charge in [-0.2, -0.15) is 0 Å². The van der Waals surface area contributed by atoms with Crippen LogP contribution in [0.1, 0.15) is 24.8 Å². The molecule has 3 heterocycles. The number of aliphatic hydroxyl groups excluding tert-OH is 1. The van der Waals surface area contributed by atoms with Gasteiger partial charge in [-0.15, -0.1) is 0 Å². The van der Waals surface area contributed by atoms with Crippen molar-refractivity contribution in [2.75, 3.05) is 25.0 Å². The van der Waals surface area contributed by atoms with E-state index in [-0.39, 0.29) is 0 Å². The van der Waals surface area contributed by atoms with Gasteiger partial charge in [0.25, 0.3) is 0 Å². The Labute approximate surface area is 158 Å². The SMILES string of the molecule is OCC1C2CCCC1CN(Cc1ccc3c(c1)Nc1nccnc1S3)C2. The minimum atomic E-state index is 0.365. The number of hydrogen-bond acceptors (Lipinski definition) is 6. The summed E-state index contributed by atoms with van der Waals surface area (Å²) in [6.45, 7) is 3.59. The summed E-state index contributed by atoms with van der Waals surface area (Å²) >= 11 is 1.68. The molecule has 1 aromatic heterocycles. The Hall–Kier alpha value is -1.63. The molecule has 1 saturated heterocycles. The molecule has 6 heteroatoms. The predicted molar refractivity (Wildman–Crippen MR) is 103 cm³/mol. The highest BCUT2D eigenvalue weighted by atomic mass is 32.2. The zero-order chi connectivity index (χ0) is 17.5. The van der Waals surface area contributed by atoms with Crippen LogP contribution in [0.5, 0.6) is 0 Å². The minimum absolute atomic E-state index is 0.365. The van der Waals surface area contributed by atoms with Crippen LogP contribution in [-0.4, -0.2) is 39.7 Å². The molecular formula is C20H24N4OS. The molecule has 1 saturated carbocycles. The monoisotopic (exact) mass is 368 g/mol. The Morgan fingerprint density at radius 1 is 1.15 bits per heavy atom. The van der Waals surface area contributed by atoms with Crippen LogP contribution in [0.15, 0.2) is 40.5 Å². The summed E-state index contributed by atoms with van der Waals surface area (Å²) in [6, 6.07) is 6.69. The van der Waals surface area contributed by atoms with Crippen LogP contribution in [0, 0.1) is 17.8 Å². The largest absolute Gasteiger partial charge is 0.396 e. The first-order valence-electron chi connectivity index (χ1n) is 9.52. The van der Waals surface area contributed by atoms with E-state index in [1.165, 1.54) is 29.7 Å². The lowest BCUT2D eigenvalue weighted by Gasteiger charge is -2.47. The number of nitrogens with one attached hydrogen (secondary N) is 1. The third-order valence-corrected chi connectivity index (χ3v) is 7.20. The quantitative estimate of drug-likeness (QED) is 0.738. The van der Waals surface area contributed by atoms with E-state index in [4.69, 9.17) is 0 Å². The molecule has 0 spiro atoms. The van der Waals surface area contributed by atoms with Crippen LogP contribution in [0.4, 0.5) is 11.5 Å². The summed E-state index contributed by atoms with van der Waals surface area (Å²) in [4.78, 5) is 12.6. The van der Waals surface area contributed by atoms with Crippen molar-refractivity contribution in [3.63, 3.8) is 0 Å². The maximum absolute atomic E-state index is 9.75. The fraction of sp³-hybridized carbons (Fsp3) is 0.500. The minimum Gasteiger partial charge on any atom is -0.396 e. The van der Waals surface area contributed by atoms with E-state index in [1.807, 2.05) is 0 Å². The first-order chi connectivity index (χ1) is 12.8. The number of rotatable bonds is 3. The van der Waals surface area contributed by atoms with Crippen LogP contribution in [-0.2, 0) is 6.54 Å². The van der Waals surface area contributed by atoms with Crippen molar-refractivity contribution in [1.29, 1.82) is 0 Å². The summed E-state index contributed by atoms with van der Waals surface area (Å²) < 4.78 is 0. The molecule has 2 bridgehead atoms. The number of nitrogens with zero attached hydrogens (tertiary/aromatic N) is 3. The number of aromatic nitrogens is 2. The van der Waals surface area contributed by atoms with Gasteiger partial charge in [-0.25, -0.2) is 9.97 Å². The number of benzene rings is 1. The number of piperidine rings is 1. The van der Waals surface area contributed by atoms with E-state index in [9.17, 15) is 5.11 Å². The van der Waals surface area contributed by atoms with E-state index in [2.05, 4.69) is 38.4 Å². The van der Waals surface area contributed by atoms with Gasteiger partial charge in [-0.3, -0.25) is 4.90 Å². The smallest absolute Gasteiger partial charge is 0.163 e. The first-order valence-corrected chi connectivity index (χ1v) is 10.3. The van der Waals surface area contributed by atoms with Gasteiger partial charge in [0, 0.05) is 43.5 Å². The fourth-order valence-electron chi connectivity index (χ4n) is 4.91. The van der Waals surface area contributed by atoms with Gasteiger partial charge in [-0.05, 0) is 48.3 Å². The molecule has 1 aromatic carbocycles. The van der Waals surface area contributed by atoms with Crippen molar-refractivity contribution in [3.8, 4) is 0 Å². The molecule has 0 radical (unpaired) electrons. The fourth-order valence-corrected chi connectivity index (χ4v) is 5.79. The molecule has 2 fully saturated rings. The van der Waals surface area contributed by atoms with Crippen LogP contribution in [0.25, 0.3) is 0 Å². The Morgan fingerprint density at radius 2 is 1.96 bits per heavy atom. The van der Waals surface area contributed by atoms with Crippen molar-refractivity contribution >= 4 is 23.3 Å². The molecule has 2 unspecified atom stereocenters. The maximum Gasteiger partial charge on any atom is 0.163 e. The normalized spacial score (nSPS) is 27.3. The van der Waals surface area contributed by atoms with Gasteiger partial charge < -0.3 is 10.4 Å². The number of likely N-dealkylation sites (tertiary alicyclic amines) is 1. The molecule has 26 heavy (non-hydrogen) atoms. The average Bonchev–Trinajstić information content (AvgIpc) is 2.65. The van der Waals surface area contributed by atoms with E-state index in [0.29, 0.717) is 24.4 Å². The Morgan fingerprint density at radius 3 is 2.77 bits per heavy atom. The van der Waals surface area contributed by atoms with E-state index in [0.717, 1.165) is 36.2 Å². The summed E-state index contributed by atoms with van der Waals surface area (Å²) in [6.07, 6.45) is 7.34. The van der Waals surface area contributed by atoms with Gasteiger partial charge in [0.2, 0.25) is 0 Å². The van der Waals surface area contributed by atoms with Crippen molar-refractivity contribution in [3.05, 3.63) is 36.2 Å². The Balaban J connectivity index is 1.32. The highest BCUT2D eigenvalue weighted by Gasteiger charge is 2.38. The van der Waals surface area contributed by atoms with Crippen LogP contribution in [0.3, 0.4) is 0 Å². The molecule has 2 atom stereocenters. The molecule has 0 amide bonds. The molecule has 5 rings (SSSR count). The van der Waals surface area contributed by atoms with Gasteiger partial charge in [-0.1, -0.05) is 24.2 Å². The third-order valence-electron chi connectivity index (χ3n) is 6.13. The zero-order valence-corrected chi connectivity index (χ0v) is 15.6. The van der Waals surface area contributed by atoms with Crippen molar-refractivity contribution in [2.45, 2.75) is 35.7 Å². The molecule has 2 aromatic rings. The summed E-state index contributed by atoms with van der Waals surface area (Å²) in [5, 5.41) is 14.1.